The molecular formula is C15H22ClNO3S. The summed E-state index contributed by atoms with van der Waals surface area (Å²) in [5.74, 6) is -0.0742. The number of ether oxygens (including phenoxy) is 1. The molecule has 0 spiro atoms. The van der Waals surface area contributed by atoms with E-state index in [1.807, 2.05) is 38.1 Å². The van der Waals surface area contributed by atoms with Crippen LogP contribution >= 0.6 is 11.6 Å². The lowest BCUT2D eigenvalue weighted by Gasteiger charge is -2.32. The molecule has 0 amide bonds. The molecule has 1 aliphatic rings. The highest BCUT2D eigenvalue weighted by Gasteiger charge is 2.36. The summed E-state index contributed by atoms with van der Waals surface area (Å²) < 4.78 is 33.2. The van der Waals surface area contributed by atoms with E-state index >= 15 is 0 Å². The highest BCUT2D eigenvalue weighted by atomic mass is 35.5. The van der Waals surface area contributed by atoms with Gasteiger partial charge in [0, 0.05) is 23.6 Å². The molecule has 118 valence electrons. The van der Waals surface area contributed by atoms with E-state index in [0.717, 1.165) is 5.56 Å². The molecule has 21 heavy (non-hydrogen) atoms. The first kappa shape index (κ1) is 16.7. The second-order valence-corrected chi connectivity index (χ2v) is 8.11. The van der Waals surface area contributed by atoms with Crippen LogP contribution in [0.1, 0.15) is 25.8 Å². The minimum atomic E-state index is -3.34. The minimum Gasteiger partial charge on any atom is -0.381 e. The van der Waals surface area contributed by atoms with E-state index in [1.165, 1.54) is 0 Å². The monoisotopic (exact) mass is 331 g/mol. The van der Waals surface area contributed by atoms with Gasteiger partial charge in [0.25, 0.3) is 0 Å². The lowest BCUT2D eigenvalue weighted by atomic mass is 9.93. The van der Waals surface area contributed by atoms with Crippen LogP contribution in [0.2, 0.25) is 5.02 Å². The molecule has 6 heteroatoms. The molecule has 2 rings (SSSR count). The molecule has 0 aliphatic carbocycles. The van der Waals surface area contributed by atoms with Gasteiger partial charge in [-0.2, -0.15) is 0 Å². The Labute approximate surface area is 131 Å². The normalized spacial score (nSPS) is 23.4. The van der Waals surface area contributed by atoms with E-state index in [0.29, 0.717) is 31.1 Å². The Morgan fingerprint density at radius 2 is 2.10 bits per heavy atom. The van der Waals surface area contributed by atoms with Gasteiger partial charge in [0.1, 0.15) is 0 Å². The summed E-state index contributed by atoms with van der Waals surface area (Å²) in [6, 6.07) is 7.46. The minimum absolute atomic E-state index is 0.0742. The number of benzene rings is 1. The molecule has 0 bridgehead atoms. The first-order valence-corrected chi connectivity index (χ1v) is 9.15. The van der Waals surface area contributed by atoms with Crippen molar-refractivity contribution in [1.82, 2.24) is 4.72 Å². The zero-order valence-electron chi connectivity index (χ0n) is 12.4. The Hall–Kier alpha value is -0.620. The van der Waals surface area contributed by atoms with Crippen LogP contribution in [0.5, 0.6) is 0 Å². The topological polar surface area (TPSA) is 55.4 Å². The summed E-state index contributed by atoms with van der Waals surface area (Å²) in [4.78, 5) is 0. The molecule has 0 saturated carbocycles. The second kappa shape index (κ2) is 7.09. The molecule has 1 saturated heterocycles. The van der Waals surface area contributed by atoms with E-state index in [9.17, 15) is 8.42 Å². The van der Waals surface area contributed by atoms with Crippen molar-refractivity contribution >= 4 is 21.6 Å². The molecule has 0 radical (unpaired) electrons. The lowest BCUT2D eigenvalue weighted by molar-refractivity contribution is 0.0569. The van der Waals surface area contributed by atoms with Gasteiger partial charge in [0.05, 0.1) is 11.9 Å². The van der Waals surface area contributed by atoms with Gasteiger partial charge in [-0.15, -0.1) is 0 Å². The van der Waals surface area contributed by atoms with Crippen LogP contribution in [-0.2, 0) is 21.2 Å². The zero-order chi connectivity index (χ0) is 15.5. The van der Waals surface area contributed by atoms with Gasteiger partial charge < -0.3 is 4.74 Å². The summed E-state index contributed by atoms with van der Waals surface area (Å²) in [5, 5.41) is 0.251. The average Bonchev–Trinajstić information content (AvgIpc) is 2.40. The van der Waals surface area contributed by atoms with Gasteiger partial charge >= 0.3 is 0 Å². The Kier molecular flexibility index (Phi) is 5.66. The van der Waals surface area contributed by atoms with E-state index in [1.54, 1.807) is 0 Å². The summed E-state index contributed by atoms with van der Waals surface area (Å²) in [5.41, 5.74) is 0.972. The molecule has 0 unspecified atom stereocenters. The van der Waals surface area contributed by atoms with Crippen LogP contribution in [-0.4, -0.2) is 32.9 Å². The highest BCUT2D eigenvalue weighted by molar-refractivity contribution is 7.90. The fraction of sp³-hybridized carbons (Fsp3) is 0.600. The van der Waals surface area contributed by atoms with Crippen LogP contribution in [0.25, 0.3) is 0 Å². The number of rotatable bonds is 5. The number of halogens is 1. The van der Waals surface area contributed by atoms with Crippen LogP contribution < -0.4 is 4.72 Å². The van der Waals surface area contributed by atoms with Crippen molar-refractivity contribution < 1.29 is 13.2 Å². The molecular weight excluding hydrogens is 310 g/mol. The maximum Gasteiger partial charge on any atom is 0.215 e. The van der Waals surface area contributed by atoms with Crippen molar-refractivity contribution in [1.29, 1.82) is 0 Å². The van der Waals surface area contributed by atoms with E-state index in [-0.39, 0.29) is 12.0 Å². The summed E-state index contributed by atoms with van der Waals surface area (Å²) in [6.45, 7) is 4.61. The van der Waals surface area contributed by atoms with Crippen molar-refractivity contribution in [2.45, 2.75) is 38.0 Å². The summed E-state index contributed by atoms with van der Waals surface area (Å²) in [7, 11) is -3.34. The zero-order valence-corrected chi connectivity index (χ0v) is 14.0. The molecule has 1 fully saturated rings. The van der Waals surface area contributed by atoms with Gasteiger partial charge in [-0.1, -0.05) is 29.8 Å². The standard InChI is InChI=1S/C15H22ClNO3S/c1-11(2)17-21(18,19)15-7-8-20-10-13(15)9-12-5-3-4-6-14(12)16/h3-6,11,13,15,17H,7-10H2,1-2H3/t13-,15+/m1/s1. The SMILES string of the molecule is CC(C)NS(=O)(=O)[C@H]1CCOC[C@H]1Cc1ccccc1Cl. The Bertz CT molecular complexity index is 574. The number of hydrogen-bond donors (Lipinski definition) is 1. The first-order chi connectivity index (χ1) is 9.90. The van der Waals surface area contributed by atoms with E-state index in [4.69, 9.17) is 16.3 Å². The number of nitrogens with one attached hydrogen (secondary N) is 1. The van der Waals surface area contributed by atoms with Crippen molar-refractivity contribution in [2.24, 2.45) is 5.92 Å². The Morgan fingerprint density at radius 3 is 2.76 bits per heavy atom. The number of sulfonamides is 1. The molecule has 0 aromatic heterocycles. The van der Waals surface area contributed by atoms with Gasteiger partial charge in [-0.3, -0.25) is 0 Å². The van der Waals surface area contributed by atoms with Gasteiger partial charge in [0.2, 0.25) is 10.0 Å². The second-order valence-electron chi connectivity index (χ2n) is 5.78. The summed E-state index contributed by atoms with van der Waals surface area (Å²) in [6.07, 6.45) is 1.14. The van der Waals surface area contributed by atoms with Crippen molar-refractivity contribution in [3.63, 3.8) is 0 Å². The van der Waals surface area contributed by atoms with Crippen molar-refractivity contribution in [3.05, 3.63) is 34.9 Å². The molecule has 1 aromatic carbocycles. The molecule has 4 nitrogen and oxygen atoms in total. The molecule has 1 aromatic rings. The molecule has 2 atom stereocenters. The third-order valence-corrected chi connectivity index (χ3v) is 6.23. The van der Waals surface area contributed by atoms with Crippen LogP contribution in [0, 0.1) is 5.92 Å². The quantitative estimate of drug-likeness (QED) is 0.902. The predicted octanol–water partition coefficient (Wildman–Crippen LogP) is 2.62. The van der Waals surface area contributed by atoms with Crippen LogP contribution in [0.15, 0.2) is 24.3 Å². The van der Waals surface area contributed by atoms with E-state index in [2.05, 4.69) is 4.72 Å². The molecule has 1 aliphatic heterocycles. The maximum absolute atomic E-state index is 12.5. The van der Waals surface area contributed by atoms with E-state index < -0.39 is 15.3 Å². The fourth-order valence-electron chi connectivity index (χ4n) is 2.74. The Morgan fingerprint density at radius 1 is 1.38 bits per heavy atom. The first-order valence-electron chi connectivity index (χ1n) is 7.22. The maximum atomic E-state index is 12.5. The fourth-order valence-corrected chi connectivity index (χ4v) is 4.87. The Balaban J connectivity index is 2.18. The lowest BCUT2D eigenvalue weighted by Crippen LogP contribution is -2.46. The predicted molar refractivity (Wildman–Crippen MR) is 85.1 cm³/mol. The van der Waals surface area contributed by atoms with Crippen LogP contribution in [0.3, 0.4) is 0 Å². The highest BCUT2D eigenvalue weighted by Crippen LogP contribution is 2.27. The molecule has 1 N–H and O–H groups in total. The van der Waals surface area contributed by atoms with Crippen molar-refractivity contribution in [3.8, 4) is 0 Å². The van der Waals surface area contributed by atoms with Crippen LogP contribution in [0.4, 0.5) is 0 Å². The average molecular weight is 332 g/mol. The number of hydrogen-bond acceptors (Lipinski definition) is 3. The molecule has 1 heterocycles. The largest absolute Gasteiger partial charge is 0.381 e. The van der Waals surface area contributed by atoms with Crippen molar-refractivity contribution in [2.75, 3.05) is 13.2 Å². The van der Waals surface area contributed by atoms with Gasteiger partial charge in [0.15, 0.2) is 0 Å². The van der Waals surface area contributed by atoms with Gasteiger partial charge in [-0.25, -0.2) is 13.1 Å². The van der Waals surface area contributed by atoms with Gasteiger partial charge in [-0.05, 0) is 38.3 Å². The summed E-state index contributed by atoms with van der Waals surface area (Å²) >= 11 is 6.18. The third-order valence-electron chi connectivity index (χ3n) is 3.64. The smallest absolute Gasteiger partial charge is 0.215 e. The third kappa shape index (κ3) is 4.42.